The topological polar surface area (TPSA) is 17.1 Å². The van der Waals surface area contributed by atoms with E-state index in [0.717, 1.165) is 11.8 Å². The minimum absolute atomic E-state index is 0.753. The van der Waals surface area contributed by atoms with Crippen LogP contribution in [-0.2, 0) is 0 Å². The molecule has 1 heteroatoms. The molecule has 0 spiro atoms. The third-order valence-electron chi connectivity index (χ3n) is 3.09. The van der Waals surface area contributed by atoms with Gasteiger partial charge in [0.2, 0.25) is 0 Å². The second kappa shape index (κ2) is 6.75. The third-order valence-corrected chi connectivity index (χ3v) is 3.09. The summed E-state index contributed by atoms with van der Waals surface area (Å²) in [7, 11) is 0. The summed E-state index contributed by atoms with van der Waals surface area (Å²) in [6.45, 7) is 8.27. The fourth-order valence-corrected chi connectivity index (χ4v) is 1.50. The zero-order valence-electron chi connectivity index (χ0n) is 11.5. The second-order valence-electron chi connectivity index (χ2n) is 4.55. The molecule has 0 radical (unpaired) electrons. The van der Waals surface area contributed by atoms with E-state index in [-0.39, 0.29) is 0 Å². The number of rotatable bonds is 1. The van der Waals surface area contributed by atoms with Crippen molar-refractivity contribution >= 4 is 6.29 Å². The van der Waals surface area contributed by atoms with Gasteiger partial charge in [-0.3, -0.25) is 4.79 Å². The molecule has 0 aliphatic heterocycles. The number of hydrogen-bond acceptors (Lipinski definition) is 1. The summed E-state index contributed by atoms with van der Waals surface area (Å²) in [5.41, 5.74) is 5.89. The Labute approximate surface area is 109 Å². The van der Waals surface area contributed by atoms with Crippen LogP contribution in [0.15, 0.2) is 42.5 Å². The van der Waals surface area contributed by atoms with Gasteiger partial charge in [-0.25, -0.2) is 0 Å². The van der Waals surface area contributed by atoms with Crippen LogP contribution >= 0.6 is 0 Å². The van der Waals surface area contributed by atoms with Gasteiger partial charge < -0.3 is 0 Å². The van der Waals surface area contributed by atoms with Crippen molar-refractivity contribution in [1.82, 2.24) is 0 Å². The van der Waals surface area contributed by atoms with Gasteiger partial charge in [-0.15, -0.1) is 0 Å². The first-order chi connectivity index (χ1) is 8.54. The van der Waals surface area contributed by atoms with E-state index >= 15 is 0 Å². The Balaban J connectivity index is 0.000000184. The molecule has 2 rings (SSSR count). The van der Waals surface area contributed by atoms with E-state index in [2.05, 4.69) is 38.1 Å². The van der Waals surface area contributed by atoms with Crippen molar-refractivity contribution in [1.29, 1.82) is 0 Å². The molecule has 0 aliphatic carbocycles. The van der Waals surface area contributed by atoms with Crippen molar-refractivity contribution in [3.63, 3.8) is 0 Å². The van der Waals surface area contributed by atoms with Gasteiger partial charge in [0.1, 0.15) is 6.29 Å². The average molecular weight is 240 g/mol. The molecule has 18 heavy (non-hydrogen) atoms. The van der Waals surface area contributed by atoms with Crippen LogP contribution in [0.25, 0.3) is 0 Å². The zero-order valence-corrected chi connectivity index (χ0v) is 11.5. The van der Waals surface area contributed by atoms with Gasteiger partial charge in [-0.1, -0.05) is 36.4 Å². The molecule has 0 fully saturated rings. The Kier molecular flexibility index (Phi) is 5.31. The Bertz CT molecular complexity index is 506. The van der Waals surface area contributed by atoms with Crippen LogP contribution in [0.2, 0.25) is 0 Å². The molecule has 0 N–H and O–H groups in total. The van der Waals surface area contributed by atoms with Crippen LogP contribution in [-0.4, -0.2) is 6.29 Å². The highest BCUT2D eigenvalue weighted by Crippen LogP contribution is 2.07. The largest absolute Gasteiger partial charge is 0.298 e. The minimum atomic E-state index is 0.753. The Morgan fingerprint density at radius 1 is 0.722 bits per heavy atom. The van der Waals surface area contributed by atoms with Crippen molar-refractivity contribution in [2.24, 2.45) is 0 Å². The highest BCUT2D eigenvalue weighted by atomic mass is 16.1. The highest BCUT2D eigenvalue weighted by molar-refractivity contribution is 5.75. The molecule has 0 bridgehead atoms. The smallest absolute Gasteiger partial charge is 0.150 e. The number of carbonyl (C=O) groups excluding carboxylic acids is 1. The molecule has 1 nitrogen and oxygen atoms in total. The SMILES string of the molecule is Cc1ccc(C=O)cc1C.Cc1ccccc1C. The number of hydrogen-bond donors (Lipinski definition) is 0. The maximum absolute atomic E-state index is 10.3. The lowest BCUT2D eigenvalue weighted by Crippen LogP contribution is -1.84. The van der Waals surface area contributed by atoms with Crippen LogP contribution < -0.4 is 0 Å². The Morgan fingerprint density at radius 3 is 1.61 bits per heavy atom. The maximum Gasteiger partial charge on any atom is 0.150 e. The summed E-state index contributed by atoms with van der Waals surface area (Å²) in [5.74, 6) is 0. The van der Waals surface area contributed by atoms with Gasteiger partial charge in [0.05, 0.1) is 0 Å². The molecule has 0 heterocycles. The first-order valence-electron chi connectivity index (χ1n) is 6.09. The zero-order chi connectivity index (χ0) is 13.5. The number of aldehydes is 1. The van der Waals surface area contributed by atoms with Crippen LogP contribution in [0, 0.1) is 27.7 Å². The molecule has 0 aromatic heterocycles. The molecule has 2 aromatic rings. The second-order valence-corrected chi connectivity index (χ2v) is 4.55. The lowest BCUT2D eigenvalue weighted by Gasteiger charge is -1.97. The van der Waals surface area contributed by atoms with Crippen molar-refractivity contribution < 1.29 is 4.79 Å². The molecule has 0 aliphatic rings. The number of benzene rings is 2. The average Bonchev–Trinajstić information content (AvgIpc) is 2.37. The molecular weight excluding hydrogens is 220 g/mol. The van der Waals surface area contributed by atoms with E-state index in [1.807, 2.05) is 32.0 Å². The standard InChI is InChI=1S/C9H10O.C8H10/c1-7-3-4-9(6-10)5-8(7)2;1-7-5-3-4-6-8(7)2/h3-6H,1-2H3;3-6H,1-2H3. The van der Waals surface area contributed by atoms with Crippen LogP contribution in [0.1, 0.15) is 32.6 Å². The fraction of sp³-hybridized carbons (Fsp3) is 0.235. The molecule has 94 valence electrons. The van der Waals surface area contributed by atoms with Gasteiger partial charge in [0.25, 0.3) is 0 Å². The summed E-state index contributed by atoms with van der Waals surface area (Å²) >= 11 is 0. The first-order valence-corrected chi connectivity index (χ1v) is 6.09. The third kappa shape index (κ3) is 4.17. The quantitative estimate of drug-likeness (QED) is 0.674. The Morgan fingerprint density at radius 2 is 1.22 bits per heavy atom. The Hall–Kier alpha value is -1.89. The van der Waals surface area contributed by atoms with Gasteiger partial charge >= 0.3 is 0 Å². The maximum atomic E-state index is 10.3. The predicted molar refractivity (Wildman–Crippen MR) is 77.2 cm³/mol. The number of carbonyl (C=O) groups is 1. The van der Waals surface area contributed by atoms with Crippen molar-refractivity contribution in [3.05, 3.63) is 70.3 Å². The van der Waals surface area contributed by atoms with Crippen molar-refractivity contribution in [2.75, 3.05) is 0 Å². The lowest BCUT2D eigenvalue weighted by atomic mass is 10.1. The minimum Gasteiger partial charge on any atom is -0.298 e. The van der Waals surface area contributed by atoms with Gasteiger partial charge in [0, 0.05) is 5.56 Å². The fourth-order valence-electron chi connectivity index (χ4n) is 1.50. The van der Waals surface area contributed by atoms with E-state index in [4.69, 9.17) is 0 Å². The summed E-state index contributed by atoms with van der Waals surface area (Å²) in [5, 5.41) is 0. The summed E-state index contributed by atoms with van der Waals surface area (Å²) in [6.07, 6.45) is 0.867. The molecule has 0 atom stereocenters. The monoisotopic (exact) mass is 240 g/mol. The lowest BCUT2D eigenvalue weighted by molar-refractivity contribution is 0.112. The van der Waals surface area contributed by atoms with Crippen LogP contribution in [0.5, 0.6) is 0 Å². The van der Waals surface area contributed by atoms with Gasteiger partial charge in [0.15, 0.2) is 0 Å². The van der Waals surface area contributed by atoms with Gasteiger partial charge in [-0.05, 0) is 56.0 Å². The molecule has 2 aromatic carbocycles. The molecule has 0 saturated heterocycles. The first kappa shape index (κ1) is 14.2. The normalized spacial score (nSPS) is 9.33. The highest BCUT2D eigenvalue weighted by Gasteiger charge is 1.92. The predicted octanol–water partition coefficient (Wildman–Crippen LogP) is 4.42. The van der Waals surface area contributed by atoms with Gasteiger partial charge in [-0.2, -0.15) is 0 Å². The molecule has 0 saturated carbocycles. The van der Waals surface area contributed by atoms with Crippen LogP contribution in [0.3, 0.4) is 0 Å². The van der Waals surface area contributed by atoms with Crippen LogP contribution in [0.4, 0.5) is 0 Å². The van der Waals surface area contributed by atoms with E-state index < -0.39 is 0 Å². The van der Waals surface area contributed by atoms with Crippen molar-refractivity contribution in [2.45, 2.75) is 27.7 Å². The van der Waals surface area contributed by atoms with E-state index in [1.165, 1.54) is 22.3 Å². The molecule has 0 unspecified atom stereocenters. The number of aryl methyl sites for hydroxylation is 4. The summed E-state index contributed by atoms with van der Waals surface area (Å²) in [6, 6.07) is 14.0. The van der Waals surface area contributed by atoms with Crippen molar-refractivity contribution in [3.8, 4) is 0 Å². The molecular formula is C17H20O. The molecule has 0 amide bonds. The van der Waals surface area contributed by atoms with E-state index in [1.54, 1.807) is 0 Å². The van der Waals surface area contributed by atoms with E-state index in [9.17, 15) is 4.79 Å². The summed E-state index contributed by atoms with van der Waals surface area (Å²) in [4.78, 5) is 10.3. The van der Waals surface area contributed by atoms with E-state index in [0.29, 0.717) is 0 Å². The summed E-state index contributed by atoms with van der Waals surface area (Å²) < 4.78 is 0.